The van der Waals surface area contributed by atoms with Crippen molar-refractivity contribution in [3.8, 4) is 11.5 Å². The van der Waals surface area contributed by atoms with Crippen molar-refractivity contribution in [3.63, 3.8) is 0 Å². The summed E-state index contributed by atoms with van der Waals surface area (Å²) >= 11 is 0. The third-order valence-corrected chi connectivity index (χ3v) is 4.52. The van der Waals surface area contributed by atoms with E-state index in [0.717, 1.165) is 24.8 Å². The predicted molar refractivity (Wildman–Crippen MR) is 98.8 cm³/mol. The molecule has 1 aliphatic carbocycles. The van der Waals surface area contributed by atoms with Crippen molar-refractivity contribution in [3.05, 3.63) is 65.2 Å². The van der Waals surface area contributed by atoms with Gasteiger partial charge in [-0.05, 0) is 54.2 Å². The summed E-state index contributed by atoms with van der Waals surface area (Å²) in [6, 6.07) is 14.0. The molecule has 0 aliphatic heterocycles. The number of nitrogens with one attached hydrogen (secondary N) is 1. The predicted octanol–water partition coefficient (Wildman–Crippen LogP) is 3.91. The minimum atomic E-state index is -0.0866. The van der Waals surface area contributed by atoms with Gasteiger partial charge in [0.25, 0.3) is 0 Å². The normalized spacial score (nSPS) is 16.3. The van der Waals surface area contributed by atoms with Crippen LogP contribution in [0.15, 0.2) is 48.5 Å². The standard InChI is InChI=1S/C21H23NO3/c1-24-19-12-10-15(14-20(19)25-2)11-13-21(23)22-18-9-5-7-16-6-3-4-8-17(16)18/h3-4,6,8,10-14,18H,5,7,9H2,1-2H3,(H,22,23)/b13-11+. The van der Waals surface area contributed by atoms with Crippen LogP contribution < -0.4 is 14.8 Å². The van der Waals surface area contributed by atoms with Crippen LogP contribution in [0.4, 0.5) is 0 Å². The Bertz CT molecular complexity index is 782. The summed E-state index contributed by atoms with van der Waals surface area (Å²) in [5.41, 5.74) is 3.46. The first-order valence-electron chi connectivity index (χ1n) is 8.49. The highest BCUT2D eigenvalue weighted by atomic mass is 16.5. The van der Waals surface area contributed by atoms with Crippen molar-refractivity contribution in [1.82, 2.24) is 5.32 Å². The van der Waals surface area contributed by atoms with E-state index in [1.807, 2.05) is 24.3 Å². The molecule has 4 heteroatoms. The van der Waals surface area contributed by atoms with Crippen LogP contribution in [0.1, 0.15) is 35.6 Å². The van der Waals surface area contributed by atoms with E-state index in [2.05, 4.69) is 23.5 Å². The molecular formula is C21H23NO3. The Hall–Kier alpha value is -2.75. The lowest BCUT2D eigenvalue weighted by atomic mass is 9.88. The molecule has 130 valence electrons. The van der Waals surface area contributed by atoms with Crippen molar-refractivity contribution in [2.75, 3.05) is 14.2 Å². The Morgan fingerprint density at radius 2 is 1.92 bits per heavy atom. The third kappa shape index (κ3) is 4.02. The lowest BCUT2D eigenvalue weighted by molar-refractivity contribution is -0.117. The van der Waals surface area contributed by atoms with E-state index in [4.69, 9.17) is 9.47 Å². The molecule has 2 aromatic rings. The summed E-state index contributed by atoms with van der Waals surface area (Å²) in [6.07, 6.45) is 6.52. The van der Waals surface area contributed by atoms with Crippen molar-refractivity contribution in [2.24, 2.45) is 0 Å². The first-order valence-corrected chi connectivity index (χ1v) is 8.49. The van der Waals surface area contributed by atoms with Crippen molar-refractivity contribution < 1.29 is 14.3 Å². The van der Waals surface area contributed by atoms with Gasteiger partial charge in [-0.2, -0.15) is 0 Å². The van der Waals surface area contributed by atoms with Crippen LogP contribution in [-0.4, -0.2) is 20.1 Å². The van der Waals surface area contributed by atoms with Gasteiger partial charge in [-0.25, -0.2) is 0 Å². The summed E-state index contributed by atoms with van der Waals surface area (Å²) in [5, 5.41) is 3.11. The van der Waals surface area contributed by atoms with Crippen molar-refractivity contribution in [2.45, 2.75) is 25.3 Å². The van der Waals surface area contributed by atoms with Gasteiger partial charge in [0.15, 0.2) is 11.5 Å². The molecule has 0 saturated heterocycles. The van der Waals surface area contributed by atoms with Crippen LogP contribution in [0.25, 0.3) is 6.08 Å². The highest BCUT2D eigenvalue weighted by molar-refractivity contribution is 5.92. The molecule has 0 fully saturated rings. The highest BCUT2D eigenvalue weighted by Crippen LogP contribution is 2.30. The Balaban J connectivity index is 1.68. The molecule has 3 rings (SSSR count). The molecule has 0 radical (unpaired) electrons. The fourth-order valence-electron chi connectivity index (χ4n) is 3.25. The number of fused-ring (bicyclic) bond motifs is 1. The minimum Gasteiger partial charge on any atom is -0.493 e. The molecule has 0 saturated carbocycles. The van der Waals surface area contributed by atoms with Gasteiger partial charge in [0, 0.05) is 6.08 Å². The van der Waals surface area contributed by atoms with E-state index in [1.54, 1.807) is 26.4 Å². The Labute approximate surface area is 148 Å². The summed E-state index contributed by atoms with van der Waals surface area (Å²) in [6.45, 7) is 0. The van der Waals surface area contributed by atoms with Gasteiger partial charge in [0.2, 0.25) is 5.91 Å². The molecule has 1 aliphatic rings. The number of carbonyl (C=O) groups excluding carboxylic acids is 1. The molecule has 2 aromatic carbocycles. The second kappa shape index (κ2) is 7.88. The van der Waals surface area contributed by atoms with E-state index in [0.29, 0.717) is 11.5 Å². The molecule has 0 spiro atoms. The van der Waals surface area contributed by atoms with Crippen LogP contribution in [0.3, 0.4) is 0 Å². The molecule has 1 amide bonds. The van der Waals surface area contributed by atoms with Crippen LogP contribution in [-0.2, 0) is 11.2 Å². The maximum Gasteiger partial charge on any atom is 0.244 e. The van der Waals surface area contributed by atoms with E-state index < -0.39 is 0 Å². The van der Waals surface area contributed by atoms with Gasteiger partial charge in [-0.15, -0.1) is 0 Å². The zero-order valence-electron chi connectivity index (χ0n) is 14.6. The molecule has 0 aromatic heterocycles. The smallest absolute Gasteiger partial charge is 0.244 e. The zero-order chi connectivity index (χ0) is 17.6. The van der Waals surface area contributed by atoms with E-state index in [9.17, 15) is 4.79 Å². The zero-order valence-corrected chi connectivity index (χ0v) is 14.6. The molecular weight excluding hydrogens is 314 g/mol. The number of benzene rings is 2. The van der Waals surface area contributed by atoms with Gasteiger partial charge < -0.3 is 14.8 Å². The van der Waals surface area contributed by atoms with Crippen molar-refractivity contribution >= 4 is 12.0 Å². The Morgan fingerprint density at radius 1 is 1.12 bits per heavy atom. The lowest BCUT2D eigenvalue weighted by Crippen LogP contribution is -2.29. The summed E-state index contributed by atoms with van der Waals surface area (Å²) < 4.78 is 10.5. The third-order valence-electron chi connectivity index (χ3n) is 4.52. The first kappa shape index (κ1) is 17.1. The fourth-order valence-corrected chi connectivity index (χ4v) is 3.25. The summed E-state index contributed by atoms with van der Waals surface area (Å²) in [5.74, 6) is 1.23. The largest absolute Gasteiger partial charge is 0.493 e. The molecule has 1 N–H and O–H groups in total. The number of carbonyl (C=O) groups is 1. The van der Waals surface area contributed by atoms with Gasteiger partial charge >= 0.3 is 0 Å². The SMILES string of the molecule is COc1ccc(/C=C/C(=O)NC2CCCc3ccccc32)cc1OC. The van der Waals surface area contributed by atoms with E-state index in [-0.39, 0.29) is 11.9 Å². The Kier molecular flexibility index (Phi) is 5.39. The Morgan fingerprint density at radius 3 is 2.72 bits per heavy atom. The second-order valence-corrected chi connectivity index (χ2v) is 6.10. The number of hydrogen-bond acceptors (Lipinski definition) is 3. The minimum absolute atomic E-state index is 0.0866. The highest BCUT2D eigenvalue weighted by Gasteiger charge is 2.20. The average Bonchev–Trinajstić information content (AvgIpc) is 2.66. The fraction of sp³-hybridized carbons (Fsp3) is 0.286. The second-order valence-electron chi connectivity index (χ2n) is 6.10. The number of ether oxygens (including phenoxy) is 2. The van der Waals surface area contributed by atoms with Gasteiger partial charge in [-0.1, -0.05) is 30.3 Å². The van der Waals surface area contributed by atoms with Crippen LogP contribution in [0, 0.1) is 0 Å². The maximum absolute atomic E-state index is 12.3. The quantitative estimate of drug-likeness (QED) is 0.842. The monoisotopic (exact) mass is 337 g/mol. The lowest BCUT2D eigenvalue weighted by Gasteiger charge is -2.25. The summed E-state index contributed by atoms with van der Waals surface area (Å²) in [4.78, 5) is 12.3. The first-order chi connectivity index (χ1) is 12.2. The molecule has 0 heterocycles. The van der Waals surface area contributed by atoms with Crippen molar-refractivity contribution in [1.29, 1.82) is 0 Å². The molecule has 4 nitrogen and oxygen atoms in total. The molecule has 25 heavy (non-hydrogen) atoms. The molecule has 1 unspecified atom stereocenters. The number of hydrogen-bond donors (Lipinski definition) is 1. The van der Waals surface area contributed by atoms with Gasteiger partial charge in [0.1, 0.15) is 0 Å². The van der Waals surface area contributed by atoms with Gasteiger partial charge in [0.05, 0.1) is 20.3 Å². The van der Waals surface area contributed by atoms with Crippen LogP contribution in [0.2, 0.25) is 0 Å². The number of methoxy groups -OCH3 is 2. The number of aryl methyl sites for hydroxylation is 1. The number of rotatable bonds is 5. The molecule has 1 atom stereocenters. The van der Waals surface area contributed by atoms with Crippen LogP contribution >= 0.6 is 0 Å². The maximum atomic E-state index is 12.3. The summed E-state index contributed by atoms with van der Waals surface area (Å²) in [7, 11) is 3.20. The van der Waals surface area contributed by atoms with E-state index >= 15 is 0 Å². The van der Waals surface area contributed by atoms with Gasteiger partial charge in [-0.3, -0.25) is 4.79 Å². The van der Waals surface area contributed by atoms with Crippen LogP contribution in [0.5, 0.6) is 11.5 Å². The molecule has 0 bridgehead atoms. The number of amides is 1. The topological polar surface area (TPSA) is 47.6 Å². The van der Waals surface area contributed by atoms with E-state index in [1.165, 1.54) is 11.1 Å². The average molecular weight is 337 g/mol.